The number of ether oxygens (including phenoxy) is 2. The molecular weight excluding hydrogens is 647 g/mol. The van der Waals surface area contributed by atoms with E-state index in [0.717, 1.165) is 9.36 Å². The molecule has 1 amide bonds. The summed E-state index contributed by atoms with van der Waals surface area (Å²) in [7, 11) is 1.46. The van der Waals surface area contributed by atoms with Gasteiger partial charge in [-0.2, -0.15) is 14.9 Å². The average Bonchev–Trinajstić information content (AvgIpc) is 3.09. The summed E-state index contributed by atoms with van der Waals surface area (Å²) in [5.41, 5.74) is 0.471. The average molecular weight is 683 g/mol. The van der Waals surface area contributed by atoms with Crippen molar-refractivity contribution in [2.24, 2.45) is 7.05 Å². The Kier molecular flexibility index (Phi) is 9.25. The minimum atomic E-state index is -0.758. The second-order valence-electron chi connectivity index (χ2n) is 12.8. The predicted molar refractivity (Wildman–Crippen MR) is 182 cm³/mol. The summed E-state index contributed by atoms with van der Waals surface area (Å²) >= 11 is 0. The number of nitrogens with one attached hydrogen (secondary N) is 1. The van der Waals surface area contributed by atoms with E-state index in [-0.39, 0.29) is 46.1 Å². The van der Waals surface area contributed by atoms with Crippen LogP contribution < -0.4 is 16.4 Å². The Labute approximate surface area is 285 Å². The van der Waals surface area contributed by atoms with Gasteiger partial charge < -0.3 is 19.7 Å². The maximum Gasteiger partial charge on any atom is 0.302 e. The number of carbonyl (C=O) groups excluding carboxylic acids is 2. The molecule has 1 saturated heterocycles. The first-order chi connectivity index (χ1) is 23.8. The molecule has 0 spiro atoms. The number of aryl methyl sites for hydroxylation is 1. The van der Waals surface area contributed by atoms with Crippen molar-refractivity contribution in [2.45, 2.75) is 39.7 Å². The van der Waals surface area contributed by atoms with Gasteiger partial charge in [-0.3, -0.25) is 19.2 Å². The van der Waals surface area contributed by atoms with Crippen LogP contribution in [0.5, 0.6) is 0 Å². The number of amides is 1. The fraction of sp³-hybridized carbons (Fsp3) is 0.314. The number of morpholine rings is 1. The standard InChI is InChI=1S/C35H35FN8O6/c1-20(45)50-19-25-24(8-9-37-31(25)44-34(48)30-22(18-39-44)14-23(15-26(30)36)35(2,3)4)27-16-28(33(47)42(5)41-27)40-29-7-6-21(17-38-29)32(46)43-10-12-49-13-11-43/h6-9,14-18H,10-13,19H2,1-5H3,(H,38,40). The van der Waals surface area contributed by atoms with Gasteiger partial charge >= 0.3 is 5.97 Å². The number of esters is 1. The fourth-order valence-corrected chi connectivity index (χ4v) is 5.55. The summed E-state index contributed by atoms with van der Waals surface area (Å²) in [4.78, 5) is 62.1. The summed E-state index contributed by atoms with van der Waals surface area (Å²) < 4.78 is 28.2. The van der Waals surface area contributed by atoms with Crippen LogP contribution in [0, 0.1) is 5.82 Å². The van der Waals surface area contributed by atoms with Crippen molar-refractivity contribution in [3.63, 3.8) is 0 Å². The number of anilines is 2. The minimum Gasteiger partial charge on any atom is -0.461 e. The number of benzene rings is 1. The highest BCUT2D eigenvalue weighted by atomic mass is 19.1. The zero-order chi connectivity index (χ0) is 35.7. The van der Waals surface area contributed by atoms with Crippen LogP contribution in [0.3, 0.4) is 0 Å². The lowest BCUT2D eigenvalue weighted by Gasteiger charge is -2.26. The van der Waals surface area contributed by atoms with Crippen molar-refractivity contribution >= 4 is 34.2 Å². The van der Waals surface area contributed by atoms with E-state index >= 15 is 4.39 Å². The van der Waals surface area contributed by atoms with Gasteiger partial charge in [0.25, 0.3) is 17.0 Å². The number of halogens is 1. The van der Waals surface area contributed by atoms with E-state index in [1.54, 1.807) is 29.2 Å². The van der Waals surface area contributed by atoms with Gasteiger partial charge in [-0.05, 0) is 47.4 Å². The van der Waals surface area contributed by atoms with Gasteiger partial charge in [0.15, 0.2) is 5.82 Å². The molecule has 1 aliphatic rings. The third-order valence-corrected chi connectivity index (χ3v) is 8.27. The van der Waals surface area contributed by atoms with Gasteiger partial charge in [-0.15, -0.1) is 0 Å². The largest absolute Gasteiger partial charge is 0.461 e. The highest BCUT2D eigenvalue weighted by Gasteiger charge is 2.23. The van der Waals surface area contributed by atoms with Gasteiger partial charge in [-0.25, -0.2) is 19.0 Å². The molecule has 15 heteroatoms. The summed E-state index contributed by atoms with van der Waals surface area (Å²) in [6.45, 7) is 8.65. The molecule has 0 unspecified atom stereocenters. The molecule has 1 fully saturated rings. The van der Waals surface area contributed by atoms with Gasteiger partial charge in [0.1, 0.15) is 23.9 Å². The zero-order valence-electron chi connectivity index (χ0n) is 28.2. The molecule has 5 aromatic rings. The summed E-state index contributed by atoms with van der Waals surface area (Å²) in [5.74, 6) is -1.17. The van der Waals surface area contributed by atoms with Crippen LogP contribution in [0.2, 0.25) is 0 Å². The number of hydrogen-bond acceptors (Lipinski definition) is 11. The van der Waals surface area contributed by atoms with E-state index in [1.165, 1.54) is 44.7 Å². The highest BCUT2D eigenvalue weighted by molar-refractivity contribution is 5.94. The van der Waals surface area contributed by atoms with Gasteiger partial charge in [0.2, 0.25) is 0 Å². The van der Waals surface area contributed by atoms with E-state index in [2.05, 4.69) is 25.5 Å². The third kappa shape index (κ3) is 6.85. The maximum atomic E-state index is 15.5. The van der Waals surface area contributed by atoms with E-state index in [9.17, 15) is 19.2 Å². The van der Waals surface area contributed by atoms with Crippen molar-refractivity contribution < 1.29 is 23.5 Å². The van der Waals surface area contributed by atoms with Crippen LogP contribution in [-0.4, -0.2) is 72.6 Å². The lowest BCUT2D eigenvalue weighted by Crippen LogP contribution is -2.40. The van der Waals surface area contributed by atoms with E-state index in [1.807, 2.05) is 20.8 Å². The number of aromatic nitrogens is 6. The Morgan fingerprint density at radius 1 is 1.02 bits per heavy atom. The Balaban J connectivity index is 1.40. The van der Waals surface area contributed by atoms with Crippen LogP contribution >= 0.6 is 0 Å². The normalized spacial score (nSPS) is 13.4. The smallest absolute Gasteiger partial charge is 0.302 e. The quantitative estimate of drug-likeness (QED) is 0.249. The van der Waals surface area contributed by atoms with Crippen LogP contribution in [0.1, 0.15) is 49.2 Å². The minimum absolute atomic E-state index is 0.0118. The van der Waals surface area contributed by atoms with Crippen molar-refractivity contribution in [3.8, 4) is 17.1 Å². The molecular formula is C35H35FN8O6. The molecule has 0 radical (unpaired) electrons. The fourth-order valence-electron chi connectivity index (χ4n) is 5.55. The Bertz CT molecular complexity index is 2240. The Morgan fingerprint density at radius 3 is 2.46 bits per heavy atom. The number of hydrogen-bond donors (Lipinski definition) is 1. The monoisotopic (exact) mass is 682 g/mol. The van der Waals surface area contributed by atoms with Gasteiger partial charge in [0, 0.05) is 56.0 Å². The molecule has 14 nitrogen and oxygen atoms in total. The molecule has 6 rings (SSSR count). The second kappa shape index (κ2) is 13.6. The molecule has 0 bridgehead atoms. The Hall–Kier alpha value is -5.83. The van der Waals surface area contributed by atoms with E-state index in [0.29, 0.717) is 54.2 Å². The molecule has 4 aromatic heterocycles. The molecule has 1 aromatic carbocycles. The predicted octanol–water partition coefficient (Wildman–Crippen LogP) is 3.65. The first-order valence-corrected chi connectivity index (χ1v) is 15.8. The second-order valence-corrected chi connectivity index (χ2v) is 12.8. The summed E-state index contributed by atoms with van der Waals surface area (Å²) in [6.07, 6.45) is 4.23. The lowest BCUT2D eigenvalue weighted by molar-refractivity contribution is -0.142. The molecule has 50 heavy (non-hydrogen) atoms. The molecule has 0 aliphatic carbocycles. The molecule has 5 heterocycles. The van der Waals surface area contributed by atoms with Crippen molar-refractivity contribution in [3.05, 3.63) is 98.2 Å². The Morgan fingerprint density at radius 2 is 1.78 bits per heavy atom. The number of pyridine rings is 2. The number of carbonyl (C=O) groups is 2. The van der Waals surface area contributed by atoms with Gasteiger partial charge in [-0.1, -0.05) is 20.8 Å². The number of fused-ring (bicyclic) bond motifs is 1. The molecule has 0 atom stereocenters. The van der Waals surface area contributed by atoms with Crippen LogP contribution in [0.25, 0.3) is 27.8 Å². The van der Waals surface area contributed by atoms with Gasteiger partial charge in [0.05, 0.1) is 36.1 Å². The summed E-state index contributed by atoms with van der Waals surface area (Å²) in [6, 6.07) is 9.35. The highest BCUT2D eigenvalue weighted by Crippen LogP contribution is 2.29. The van der Waals surface area contributed by atoms with Crippen LogP contribution in [0.15, 0.2) is 64.6 Å². The van der Waals surface area contributed by atoms with Crippen molar-refractivity contribution in [1.29, 1.82) is 0 Å². The molecule has 0 saturated carbocycles. The summed E-state index contributed by atoms with van der Waals surface area (Å²) in [5, 5.41) is 11.9. The molecule has 1 N–H and O–H groups in total. The topological polar surface area (TPSA) is 163 Å². The molecule has 1 aliphatic heterocycles. The first kappa shape index (κ1) is 34.0. The van der Waals surface area contributed by atoms with Crippen LogP contribution in [0.4, 0.5) is 15.9 Å². The third-order valence-electron chi connectivity index (χ3n) is 8.27. The maximum absolute atomic E-state index is 15.5. The van der Waals surface area contributed by atoms with Crippen LogP contribution in [-0.2, 0) is 33.3 Å². The number of rotatable bonds is 7. The first-order valence-electron chi connectivity index (χ1n) is 15.8. The van der Waals surface area contributed by atoms with Crippen molar-refractivity contribution in [1.82, 2.24) is 34.4 Å². The van der Waals surface area contributed by atoms with E-state index in [4.69, 9.17) is 9.47 Å². The zero-order valence-corrected chi connectivity index (χ0v) is 28.2. The lowest BCUT2D eigenvalue weighted by atomic mass is 9.86. The number of nitrogens with zero attached hydrogens (tertiary/aromatic N) is 7. The SMILES string of the molecule is CC(=O)OCc1c(-c2cc(Nc3ccc(C(=O)N4CCOCC4)cn3)c(=O)n(C)n2)ccnc1-n1ncc2cc(C(C)(C)C)cc(F)c2c1=O. The molecule has 258 valence electrons. The van der Waals surface area contributed by atoms with E-state index < -0.39 is 22.9 Å². The van der Waals surface area contributed by atoms with Crippen molar-refractivity contribution in [2.75, 3.05) is 31.6 Å².